The lowest BCUT2D eigenvalue weighted by atomic mass is 10.3. The first kappa shape index (κ1) is 12.6. The van der Waals surface area contributed by atoms with Gasteiger partial charge in [0.05, 0.1) is 17.6 Å². The minimum atomic E-state index is -0.344. The van der Waals surface area contributed by atoms with E-state index < -0.39 is 0 Å². The maximum atomic E-state index is 11.9. The molecule has 0 aliphatic heterocycles. The van der Waals surface area contributed by atoms with Gasteiger partial charge in [-0.1, -0.05) is 0 Å². The van der Waals surface area contributed by atoms with Crippen LogP contribution in [0.25, 0.3) is 0 Å². The Morgan fingerprint density at radius 2 is 2.33 bits per heavy atom. The van der Waals surface area contributed by atoms with Crippen molar-refractivity contribution in [3.8, 4) is 0 Å². The number of rotatable bonds is 3. The van der Waals surface area contributed by atoms with E-state index in [9.17, 15) is 4.79 Å². The first-order chi connectivity index (χ1) is 8.60. The number of nitrogens with one attached hydrogen (secondary N) is 1. The van der Waals surface area contributed by atoms with Crippen molar-refractivity contribution in [2.45, 2.75) is 13.5 Å². The van der Waals surface area contributed by atoms with Gasteiger partial charge in [-0.3, -0.25) is 9.48 Å². The average Bonchev–Trinajstić information content (AvgIpc) is 2.73. The Labute approximate surface area is 112 Å². The number of pyridine rings is 1. The minimum Gasteiger partial charge on any atom is -0.396 e. The van der Waals surface area contributed by atoms with Gasteiger partial charge in [-0.15, -0.1) is 0 Å². The number of hydrogen-bond acceptors (Lipinski definition) is 4. The third kappa shape index (κ3) is 2.67. The fourth-order valence-electron chi connectivity index (χ4n) is 1.42. The highest BCUT2D eigenvalue weighted by molar-refractivity contribution is 9.10. The molecule has 0 unspecified atom stereocenters. The van der Waals surface area contributed by atoms with Crippen molar-refractivity contribution in [2.75, 3.05) is 11.1 Å². The van der Waals surface area contributed by atoms with Gasteiger partial charge >= 0.3 is 0 Å². The van der Waals surface area contributed by atoms with Crippen LogP contribution in [-0.2, 0) is 6.54 Å². The highest BCUT2D eigenvalue weighted by atomic mass is 79.9. The second-order valence-corrected chi connectivity index (χ2v) is 4.42. The smallest absolute Gasteiger partial charge is 0.278 e. The number of nitrogens with zero attached hydrogens (tertiary/aromatic N) is 3. The van der Waals surface area contributed by atoms with E-state index in [4.69, 9.17) is 5.73 Å². The summed E-state index contributed by atoms with van der Waals surface area (Å²) in [6.45, 7) is 2.59. The van der Waals surface area contributed by atoms with Crippen molar-refractivity contribution in [1.82, 2.24) is 14.8 Å². The maximum Gasteiger partial charge on any atom is 0.278 e. The zero-order valence-corrected chi connectivity index (χ0v) is 11.3. The molecule has 3 N–H and O–H groups in total. The van der Waals surface area contributed by atoms with Crippen LogP contribution >= 0.6 is 15.9 Å². The largest absolute Gasteiger partial charge is 0.396 e. The van der Waals surface area contributed by atoms with Gasteiger partial charge in [0.1, 0.15) is 4.60 Å². The summed E-state index contributed by atoms with van der Waals surface area (Å²) in [5.41, 5.74) is 6.90. The summed E-state index contributed by atoms with van der Waals surface area (Å²) < 4.78 is 2.32. The molecule has 18 heavy (non-hydrogen) atoms. The average molecular weight is 310 g/mol. The van der Waals surface area contributed by atoms with E-state index in [0.29, 0.717) is 22.5 Å². The molecule has 0 radical (unpaired) electrons. The third-order valence-electron chi connectivity index (χ3n) is 2.31. The van der Waals surface area contributed by atoms with E-state index in [1.165, 1.54) is 0 Å². The molecule has 0 bridgehead atoms. The zero-order chi connectivity index (χ0) is 13.1. The second-order valence-electron chi connectivity index (χ2n) is 3.61. The van der Waals surface area contributed by atoms with Crippen LogP contribution < -0.4 is 11.1 Å². The summed E-state index contributed by atoms with van der Waals surface area (Å²) >= 11 is 3.22. The number of carbonyl (C=O) groups excluding carboxylic acids is 1. The highest BCUT2D eigenvalue weighted by Gasteiger charge is 2.14. The molecule has 2 rings (SSSR count). The van der Waals surface area contributed by atoms with E-state index in [2.05, 4.69) is 31.3 Å². The number of hydrogen-bond donors (Lipinski definition) is 2. The maximum absolute atomic E-state index is 11.9. The quantitative estimate of drug-likeness (QED) is 0.848. The summed E-state index contributed by atoms with van der Waals surface area (Å²) in [5, 5.41) is 6.78. The Kier molecular flexibility index (Phi) is 3.61. The van der Waals surface area contributed by atoms with Gasteiger partial charge in [0, 0.05) is 12.7 Å². The Morgan fingerprint density at radius 3 is 2.89 bits per heavy atom. The molecule has 0 spiro atoms. The van der Waals surface area contributed by atoms with Crippen molar-refractivity contribution < 1.29 is 4.79 Å². The van der Waals surface area contributed by atoms with Crippen LogP contribution in [0.15, 0.2) is 29.1 Å². The van der Waals surface area contributed by atoms with E-state index in [0.717, 1.165) is 0 Å². The molecule has 0 fully saturated rings. The van der Waals surface area contributed by atoms with Gasteiger partial charge < -0.3 is 11.1 Å². The number of carbonyl (C=O) groups is 1. The number of anilines is 2. The lowest BCUT2D eigenvalue weighted by Gasteiger charge is -2.03. The Bertz CT molecular complexity index is 563. The first-order valence-electron chi connectivity index (χ1n) is 5.36. The Balaban J connectivity index is 2.16. The Hall–Kier alpha value is -1.89. The van der Waals surface area contributed by atoms with Crippen molar-refractivity contribution in [3.05, 3.63) is 34.8 Å². The van der Waals surface area contributed by atoms with Gasteiger partial charge in [-0.2, -0.15) is 5.10 Å². The summed E-state index contributed by atoms with van der Waals surface area (Å²) in [7, 11) is 0. The van der Waals surface area contributed by atoms with E-state index >= 15 is 0 Å². The molecule has 0 aromatic carbocycles. The van der Waals surface area contributed by atoms with Gasteiger partial charge in [-0.25, -0.2) is 4.98 Å². The molecular formula is C11H12BrN5O. The number of nitrogen functional groups attached to an aromatic ring is 1. The predicted octanol–water partition coefficient (Wildman–Crippen LogP) is 1.90. The van der Waals surface area contributed by atoms with Crippen molar-refractivity contribution in [3.63, 3.8) is 0 Å². The molecule has 0 saturated heterocycles. The number of aromatic nitrogens is 3. The number of amides is 1. The molecule has 6 nitrogen and oxygen atoms in total. The molecule has 2 aromatic rings. The molecule has 94 valence electrons. The van der Waals surface area contributed by atoms with E-state index in [-0.39, 0.29) is 11.6 Å². The Morgan fingerprint density at radius 1 is 1.56 bits per heavy atom. The molecule has 2 aromatic heterocycles. The topological polar surface area (TPSA) is 85.8 Å². The predicted molar refractivity (Wildman–Crippen MR) is 72.2 cm³/mol. The monoisotopic (exact) mass is 309 g/mol. The van der Waals surface area contributed by atoms with Crippen LogP contribution in [0.5, 0.6) is 0 Å². The SMILES string of the molecule is CCn1cc(N)c(C(=O)Nc2ccc(Br)nc2)n1. The summed E-state index contributed by atoms with van der Waals surface area (Å²) in [6, 6.07) is 3.48. The van der Waals surface area contributed by atoms with Gasteiger partial charge in [0.2, 0.25) is 0 Å². The van der Waals surface area contributed by atoms with Gasteiger partial charge in [-0.05, 0) is 35.0 Å². The first-order valence-corrected chi connectivity index (χ1v) is 6.15. The number of halogens is 1. The lowest BCUT2D eigenvalue weighted by molar-refractivity contribution is 0.102. The standard InChI is InChI=1S/C11H12BrN5O/c1-2-17-6-8(13)10(16-17)11(18)15-7-3-4-9(12)14-5-7/h3-6H,2,13H2,1H3,(H,15,18). The van der Waals surface area contributed by atoms with E-state index in [1.807, 2.05) is 6.92 Å². The molecule has 0 aliphatic rings. The van der Waals surface area contributed by atoms with Crippen LogP contribution in [0.1, 0.15) is 17.4 Å². The molecule has 0 saturated carbocycles. The number of aryl methyl sites for hydroxylation is 1. The van der Waals surface area contributed by atoms with Crippen LogP contribution in [0.2, 0.25) is 0 Å². The van der Waals surface area contributed by atoms with E-state index in [1.54, 1.807) is 29.2 Å². The second kappa shape index (κ2) is 5.18. The third-order valence-corrected chi connectivity index (χ3v) is 2.78. The highest BCUT2D eigenvalue weighted by Crippen LogP contribution is 2.14. The molecule has 0 atom stereocenters. The van der Waals surface area contributed by atoms with Crippen LogP contribution in [0, 0.1) is 0 Å². The van der Waals surface area contributed by atoms with Gasteiger partial charge in [0.25, 0.3) is 5.91 Å². The van der Waals surface area contributed by atoms with Crippen LogP contribution in [0.3, 0.4) is 0 Å². The molecule has 7 heteroatoms. The zero-order valence-electron chi connectivity index (χ0n) is 9.72. The summed E-state index contributed by atoms with van der Waals surface area (Å²) in [4.78, 5) is 16.0. The van der Waals surface area contributed by atoms with Crippen molar-refractivity contribution in [2.24, 2.45) is 0 Å². The van der Waals surface area contributed by atoms with Crippen LogP contribution in [0.4, 0.5) is 11.4 Å². The molecule has 1 amide bonds. The normalized spacial score (nSPS) is 10.3. The van der Waals surface area contributed by atoms with Crippen LogP contribution in [-0.4, -0.2) is 20.7 Å². The van der Waals surface area contributed by atoms with Gasteiger partial charge in [0.15, 0.2) is 5.69 Å². The fraction of sp³-hybridized carbons (Fsp3) is 0.182. The molecule has 0 aliphatic carbocycles. The summed E-state index contributed by atoms with van der Waals surface area (Å²) in [5.74, 6) is -0.344. The number of nitrogens with two attached hydrogens (primary N) is 1. The van der Waals surface area contributed by atoms with Crippen molar-refractivity contribution >= 4 is 33.2 Å². The molecular weight excluding hydrogens is 298 g/mol. The fourth-order valence-corrected chi connectivity index (χ4v) is 1.65. The summed E-state index contributed by atoms with van der Waals surface area (Å²) in [6.07, 6.45) is 3.18. The minimum absolute atomic E-state index is 0.222. The van der Waals surface area contributed by atoms with Crippen molar-refractivity contribution in [1.29, 1.82) is 0 Å². The molecule has 2 heterocycles. The lowest BCUT2D eigenvalue weighted by Crippen LogP contribution is -2.14.